The van der Waals surface area contributed by atoms with Crippen LogP contribution in [0.2, 0.25) is 0 Å². The number of fused-ring (bicyclic) bond motifs is 2. The maximum Gasteiger partial charge on any atom is 0.333 e. The first kappa shape index (κ1) is 32.2. The number of hydrogen-bond donors (Lipinski definition) is 0. The van der Waals surface area contributed by atoms with Crippen LogP contribution in [0.25, 0.3) is 21.0 Å². The van der Waals surface area contributed by atoms with Crippen molar-refractivity contribution in [2.75, 3.05) is 20.3 Å². The molecule has 0 spiro atoms. The Morgan fingerprint density at radius 2 is 1.80 bits per heavy atom. The van der Waals surface area contributed by atoms with Crippen molar-refractivity contribution in [3.63, 3.8) is 0 Å². The Bertz CT molecular complexity index is 1850. The maximum atomic E-state index is 14.6. The van der Waals surface area contributed by atoms with E-state index < -0.39 is 34.5 Å². The number of methoxy groups -OCH3 is 1. The zero-order valence-electron chi connectivity index (χ0n) is 27.3. The van der Waals surface area contributed by atoms with E-state index in [-0.39, 0.29) is 12.6 Å². The summed E-state index contributed by atoms with van der Waals surface area (Å²) < 4.78 is 32.2. The topological polar surface area (TPSA) is 124 Å². The van der Waals surface area contributed by atoms with Crippen LogP contribution in [0.15, 0.2) is 50.7 Å². The first-order valence-corrected chi connectivity index (χ1v) is 16.4. The number of rotatable bonds is 9. The summed E-state index contributed by atoms with van der Waals surface area (Å²) >= 11 is 1.25. The fourth-order valence-electron chi connectivity index (χ4n) is 6.63. The SMILES string of the molecule is COc1ccccc1[C@H](Cn1c(=O)n(C(C)(C)C(=O)OC(C)(C)C)c(=O)c2c(C)c(-c3ncco3)sc21)OC1C[C@H]2COC[C@H]2C1. The lowest BCUT2D eigenvalue weighted by Gasteiger charge is -2.30. The van der Waals surface area contributed by atoms with Gasteiger partial charge in [0.2, 0.25) is 5.89 Å². The van der Waals surface area contributed by atoms with Crippen LogP contribution in [0.4, 0.5) is 0 Å². The van der Waals surface area contributed by atoms with Crippen LogP contribution < -0.4 is 16.0 Å². The number of carbonyl (C=O) groups excluding carboxylic acids is 1. The van der Waals surface area contributed by atoms with E-state index in [2.05, 4.69) is 4.98 Å². The van der Waals surface area contributed by atoms with Crippen LogP contribution in [0, 0.1) is 18.8 Å². The number of oxazole rings is 1. The molecular formula is C34H41N3O8S. The van der Waals surface area contributed by atoms with Gasteiger partial charge in [0.15, 0.2) is 0 Å². The second-order valence-electron chi connectivity index (χ2n) is 13.7. The van der Waals surface area contributed by atoms with Crippen LogP contribution >= 0.6 is 11.3 Å². The normalized spacial score (nSPS) is 20.6. The number of esters is 1. The number of hydrogen-bond acceptors (Lipinski definition) is 10. The number of benzene rings is 1. The second kappa shape index (κ2) is 12.1. The monoisotopic (exact) mass is 651 g/mol. The van der Waals surface area contributed by atoms with Gasteiger partial charge >= 0.3 is 11.7 Å². The average molecular weight is 652 g/mol. The van der Waals surface area contributed by atoms with Gasteiger partial charge in [-0.05, 0) is 77.8 Å². The van der Waals surface area contributed by atoms with E-state index in [1.165, 1.54) is 37.6 Å². The minimum absolute atomic E-state index is 0.0444. The summed E-state index contributed by atoms with van der Waals surface area (Å²) in [4.78, 5) is 47.9. The molecule has 2 fully saturated rings. The zero-order valence-corrected chi connectivity index (χ0v) is 28.1. The van der Waals surface area contributed by atoms with Crippen LogP contribution in [0.1, 0.15) is 64.7 Å². The van der Waals surface area contributed by atoms with Crippen molar-refractivity contribution < 1.29 is 28.2 Å². The summed E-state index contributed by atoms with van der Waals surface area (Å²) in [5.41, 5.74) is -2.30. The summed E-state index contributed by atoms with van der Waals surface area (Å²) in [6.07, 6.45) is 4.06. The predicted octanol–water partition coefficient (Wildman–Crippen LogP) is 5.46. The lowest BCUT2D eigenvalue weighted by atomic mass is 10.0. The molecule has 1 saturated heterocycles. The molecule has 0 radical (unpaired) electrons. The number of nitrogens with zero attached hydrogens (tertiary/aromatic N) is 3. The molecule has 46 heavy (non-hydrogen) atoms. The third-order valence-electron chi connectivity index (χ3n) is 8.95. The van der Waals surface area contributed by atoms with E-state index in [0.29, 0.717) is 44.1 Å². The highest BCUT2D eigenvalue weighted by atomic mass is 32.1. The molecule has 1 unspecified atom stereocenters. The molecule has 4 aromatic rings. The molecule has 6 rings (SSSR count). The molecule has 2 aliphatic rings. The highest BCUT2D eigenvalue weighted by Gasteiger charge is 2.42. The lowest BCUT2D eigenvalue weighted by molar-refractivity contribution is -0.164. The Hall–Kier alpha value is -3.74. The molecule has 3 aromatic heterocycles. The van der Waals surface area contributed by atoms with Gasteiger partial charge in [-0.3, -0.25) is 9.36 Å². The Morgan fingerprint density at radius 3 is 2.43 bits per heavy atom. The summed E-state index contributed by atoms with van der Waals surface area (Å²) in [5.74, 6) is 1.16. The van der Waals surface area contributed by atoms with E-state index in [0.717, 1.165) is 36.2 Å². The van der Waals surface area contributed by atoms with Gasteiger partial charge in [-0.1, -0.05) is 18.2 Å². The average Bonchev–Trinajstić information content (AvgIpc) is 3.78. The van der Waals surface area contributed by atoms with E-state index >= 15 is 0 Å². The number of ether oxygens (including phenoxy) is 4. The predicted molar refractivity (Wildman–Crippen MR) is 173 cm³/mol. The first-order chi connectivity index (χ1) is 21.8. The number of para-hydroxylation sites is 1. The first-order valence-electron chi connectivity index (χ1n) is 15.6. The van der Waals surface area contributed by atoms with Crippen molar-refractivity contribution in [1.29, 1.82) is 0 Å². The van der Waals surface area contributed by atoms with Crippen molar-refractivity contribution in [1.82, 2.24) is 14.1 Å². The maximum absolute atomic E-state index is 14.6. The molecule has 0 N–H and O–H groups in total. The fourth-order valence-corrected chi connectivity index (χ4v) is 7.87. The van der Waals surface area contributed by atoms with Crippen molar-refractivity contribution >= 4 is 27.5 Å². The minimum Gasteiger partial charge on any atom is -0.496 e. The second-order valence-corrected chi connectivity index (χ2v) is 14.7. The van der Waals surface area contributed by atoms with Gasteiger partial charge in [-0.25, -0.2) is 19.1 Å². The van der Waals surface area contributed by atoms with Crippen LogP contribution in [-0.4, -0.2) is 52.1 Å². The molecule has 0 bridgehead atoms. The van der Waals surface area contributed by atoms with Crippen LogP contribution in [0.5, 0.6) is 5.75 Å². The molecule has 11 nitrogen and oxygen atoms in total. The molecule has 4 heterocycles. The molecule has 246 valence electrons. The molecule has 1 aromatic carbocycles. The smallest absolute Gasteiger partial charge is 0.333 e. The molecule has 12 heteroatoms. The fraction of sp³-hybridized carbons (Fsp3) is 0.529. The molecule has 4 atom stereocenters. The van der Waals surface area contributed by atoms with Gasteiger partial charge in [0.1, 0.15) is 34.1 Å². The Labute approximate surface area is 271 Å². The molecule has 1 saturated carbocycles. The summed E-state index contributed by atoms with van der Waals surface area (Å²) in [6.45, 7) is 11.6. The molecular weight excluding hydrogens is 610 g/mol. The van der Waals surface area contributed by atoms with Gasteiger partial charge in [0.25, 0.3) is 5.56 Å². The molecule has 0 amide bonds. The standard InChI is InChI=1S/C34H41N3O8S/c1-19-26-29(38)37(34(5,6)31(39)45-33(2,3)4)32(40)36(30(26)46-27(19)28-35-12-13-43-28)16-25(23-10-8-9-11-24(23)41-7)44-22-14-20-17-42-18-21(20)15-22/h8-13,20-22,25H,14-18H2,1-7H3/t20-,21+,22?,25-/m0/s1. The Kier molecular flexibility index (Phi) is 8.49. The zero-order chi connectivity index (χ0) is 33.0. The molecule has 1 aliphatic carbocycles. The van der Waals surface area contributed by atoms with Gasteiger partial charge in [0.05, 0.1) is 36.2 Å². The van der Waals surface area contributed by atoms with E-state index in [4.69, 9.17) is 23.4 Å². The van der Waals surface area contributed by atoms with Gasteiger partial charge < -0.3 is 23.4 Å². The Morgan fingerprint density at radius 1 is 1.11 bits per heavy atom. The van der Waals surface area contributed by atoms with Crippen molar-refractivity contribution in [3.8, 4) is 16.5 Å². The minimum atomic E-state index is -1.63. The van der Waals surface area contributed by atoms with Crippen molar-refractivity contribution in [2.45, 2.75) is 84.3 Å². The van der Waals surface area contributed by atoms with E-state index in [1.807, 2.05) is 24.3 Å². The van der Waals surface area contributed by atoms with Gasteiger partial charge in [-0.2, -0.15) is 0 Å². The summed E-state index contributed by atoms with van der Waals surface area (Å²) in [5, 5.41) is 0.306. The van der Waals surface area contributed by atoms with Gasteiger partial charge in [-0.15, -0.1) is 11.3 Å². The van der Waals surface area contributed by atoms with Crippen molar-refractivity contribution in [2.24, 2.45) is 11.8 Å². The van der Waals surface area contributed by atoms with Crippen LogP contribution in [0.3, 0.4) is 0 Å². The lowest BCUT2D eigenvalue weighted by Crippen LogP contribution is -2.54. The summed E-state index contributed by atoms with van der Waals surface area (Å²) in [7, 11) is 1.60. The number of aromatic nitrogens is 3. The van der Waals surface area contributed by atoms with Crippen LogP contribution in [-0.2, 0) is 31.1 Å². The Balaban J connectivity index is 1.54. The molecule has 1 aliphatic heterocycles. The van der Waals surface area contributed by atoms with E-state index in [9.17, 15) is 14.4 Å². The van der Waals surface area contributed by atoms with Gasteiger partial charge in [0, 0.05) is 18.8 Å². The quantitative estimate of drug-likeness (QED) is 0.217. The number of aryl methyl sites for hydroxylation is 1. The van der Waals surface area contributed by atoms with Crippen molar-refractivity contribution in [3.05, 3.63) is 68.7 Å². The third-order valence-corrected chi connectivity index (χ3v) is 10.3. The highest BCUT2D eigenvalue weighted by molar-refractivity contribution is 7.22. The number of thiophene rings is 1. The summed E-state index contributed by atoms with van der Waals surface area (Å²) in [6, 6.07) is 7.59. The van der Waals surface area contributed by atoms with E-state index in [1.54, 1.807) is 39.4 Å². The number of carbonyl (C=O) groups is 1. The third kappa shape index (κ3) is 5.82. The highest BCUT2D eigenvalue weighted by Crippen LogP contribution is 2.42. The largest absolute Gasteiger partial charge is 0.496 e.